The number of pyridine rings is 1. The van der Waals surface area contributed by atoms with Crippen molar-refractivity contribution >= 4 is 43.6 Å². The Morgan fingerprint density at radius 2 is 1.75 bits per heavy atom. The number of thiophene rings is 1. The number of H-pyrrole nitrogens is 1. The average molecular weight is 522 g/mol. The third-order valence-electron chi connectivity index (χ3n) is 6.64. The van der Waals surface area contributed by atoms with Gasteiger partial charge in [0.15, 0.2) is 5.65 Å². The van der Waals surface area contributed by atoms with Crippen LogP contribution >= 0.6 is 11.3 Å². The van der Waals surface area contributed by atoms with E-state index in [4.69, 9.17) is 9.97 Å². The monoisotopic (exact) mass is 521 g/mol. The highest BCUT2D eigenvalue weighted by molar-refractivity contribution is 7.89. The van der Waals surface area contributed by atoms with E-state index in [0.717, 1.165) is 43.6 Å². The first-order valence-corrected chi connectivity index (χ1v) is 14.2. The van der Waals surface area contributed by atoms with Gasteiger partial charge in [-0.2, -0.15) is 4.31 Å². The number of rotatable bonds is 6. The molecule has 1 aromatic carbocycles. The maximum absolute atomic E-state index is 13.2. The number of nitrogens with zero attached hydrogens (tertiary/aromatic N) is 6. The van der Waals surface area contributed by atoms with Crippen LogP contribution in [-0.2, 0) is 23.1 Å². The van der Waals surface area contributed by atoms with E-state index in [9.17, 15) is 8.42 Å². The second-order valence-corrected chi connectivity index (χ2v) is 12.5. The summed E-state index contributed by atoms with van der Waals surface area (Å²) in [6, 6.07) is 13.6. The van der Waals surface area contributed by atoms with E-state index in [2.05, 4.69) is 19.4 Å². The smallest absolute Gasteiger partial charge is 0.244 e. The van der Waals surface area contributed by atoms with Crippen LogP contribution in [0.25, 0.3) is 22.2 Å². The Morgan fingerprint density at radius 3 is 2.50 bits per heavy atom. The minimum absolute atomic E-state index is 0.442. The lowest BCUT2D eigenvalue weighted by Crippen LogP contribution is -2.48. The first-order valence-electron chi connectivity index (χ1n) is 11.9. The van der Waals surface area contributed by atoms with Gasteiger partial charge in [0.2, 0.25) is 10.0 Å². The van der Waals surface area contributed by atoms with Crippen LogP contribution in [0.2, 0.25) is 0 Å². The van der Waals surface area contributed by atoms with Gasteiger partial charge in [-0.05, 0) is 44.2 Å². The average Bonchev–Trinajstić information content (AvgIpc) is 3.54. The highest BCUT2D eigenvalue weighted by Crippen LogP contribution is 2.28. The molecule has 36 heavy (non-hydrogen) atoms. The van der Waals surface area contributed by atoms with Crippen LogP contribution in [0.5, 0.6) is 0 Å². The Hall–Kier alpha value is -3.12. The van der Waals surface area contributed by atoms with E-state index in [-0.39, 0.29) is 0 Å². The van der Waals surface area contributed by atoms with Gasteiger partial charge in [0, 0.05) is 42.1 Å². The van der Waals surface area contributed by atoms with Crippen molar-refractivity contribution in [3.63, 3.8) is 0 Å². The molecule has 9 nitrogen and oxygen atoms in total. The van der Waals surface area contributed by atoms with Gasteiger partial charge in [0.25, 0.3) is 0 Å². The van der Waals surface area contributed by atoms with Gasteiger partial charge in [0.1, 0.15) is 17.2 Å². The SMILES string of the molecule is Cc1cc(S(=O)(=O)N2CCN(Cc3nc4cccnc4n3Cc3nc4ccccc4[nH]3)CC2)c(C)s1. The number of nitrogens with one attached hydrogen (secondary N) is 1. The van der Waals surface area contributed by atoms with Crippen LogP contribution in [0, 0.1) is 13.8 Å². The summed E-state index contributed by atoms with van der Waals surface area (Å²) in [6.45, 7) is 7.16. The summed E-state index contributed by atoms with van der Waals surface area (Å²) < 4.78 is 30.1. The number of aromatic nitrogens is 5. The molecule has 1 N–H and O–H groups in total. The lowest BCUT2D eigenvalue weighted by Gasteiger charge is -2.33. The van der Waals surface area contributed by atoms with Gasteiger partial charge in [-0.3, -0.25) is 4.90 Å². The fourth-order valence-electron chi connectivity index (χ4n) is 4.85. The largest absolute Gasteiger partial charge is 0.340 e. The summed E-state index contributed by atoms with van der Waals surface area (Å²) in [4.78, 5) is 22.2. The summed E-state index contributed by atoms with van der Waals surface area (Å²) in [6.07, 6.45) is 1.78. The highest BCUT2D eigenvalue weighted by atomic mass is 32.2. The molecule has 1 saturated heterocycles. The predicted molar refractivity (Wildman–Crippen MR) is 141 cm³/mol. The van der Waals surface area contributed by atoms with E-state index in [1.165, 1.54) is 11.3 Å². The molecule has 0 bridgehead atoms. The third-order valence-corrected chi connectivity index (χ3v) is 9.76. The summed E-state index contributed by atoms with van der Waals surface area (Å²) in [5.41, 5.74) is 3.59. The molecule has 1 fully saturated rings. The molecule has 0 amide bonds. The Balaban J connectivity index is 1.22. The fourth-order valence-corrected chi connectivity index (χ4v) is 7.80. The van der Waals surface area contributed by atoms with Crippen molar-refractivity contribution in [1.82, 2.24) is 33.7 Å². The molecule has 0 unspecified atom stereocenters. The van der Waals surface area contributed by atoms with Crippen LogP contribution in [0.3, 0.4) is 0 Å². The number of piperazine rings is 1. The van der Waals surface area contributed by atoms with Gasteiger partial charge < -0.3 is 9.55 Å². The second-order valence-electron chi connectivity index (χ2n) is 9.12. The van der Waals surface area contributed by atoms with E-state index in [1.807, 2.05) is 50.2 Å². The first-order chi connectivity index (χ1) is 17.4. The molecule has 0 spiro atoms. The lowest BCUT2D eigenvalue weighted by atomic mass is 10.3. The standard InChI is InChI=1S/C25H27N7O2S2/c1-17-14-22(18(2)35-17)36(33,34)31-12-10-30(11-13-31)16-24-29-21-8-5-9-26-25(21)32(24)15-23-27-19-6-3-4-7-20(19)28-23/h3-9,14H,10-13,15-16H2,1-2H3,(H,27,28). The van der Waals surface area contributed by atoms with Gasteiger partial charge in [-0.15, -0.1) is 11.3 Å². The van der Waals surface area contributed by atoms with Gasteiger partial charge in [-0.25, -0.2) is 23.4 Å². The van der Waals surface area contributed by atoms with Crippen molar-refractivity contribution in [3.05, 3.63) is 70.1 Å². The Morgan fingerprint density at radius 1 is 0.972 bits per heavy atom. The van der Waals surface area contributed by atoms with Crippen LogP contribution in [0.4, 0.5) is 0 Å². The molecule has 6 rings (SSSR count). The molecule has 0 saturated carbocycles. The number of para-hydroxylation sites is 2. The van der Waals surface area contributed by atoms with Crippen molar-refractivity contribution < 1.29 is 8.42 Å². The summed E-state index contributed by atoms with van der Waals surface area (Å²) >= 11 is 1.53. The van der Waals surface area contributed by atoms with E-state index in [0.29, 0.717) is 44.2 Å². The summed E-state index contributed by atoms with van der Waals surface area (Å²) in [5, 5.41) is 0. The zero-order valence-electron chi connectivity index (χ0n) is 20.2. The van der Waals surface area contributed by atoms with Crippen molar-refractivity contribution in [3.8, 4) is 0 Å². The van der Waals surface area contributed by atoms with E-state index >= 15 is 0 Å². The number of aromatic amines is 1. The highest BCUT2D eigenvalue weighted by Gasteiger charge is 2.31. The fraction of sp³-hybridized carbons (Fsp3) is 0.320. The lowest BCUT2D eigenvalue weighted by molar-refractivity contribution is 0.176. The number of imidazole rings is 2. The van der Waals surface area contributed by atoms with Crippen molar-refractivity contribution in [1.29, 1.82) is 0 Å². The molecular weight excluding hydrogens is 494 g/mol. The van der Waals surface area contributed by atoms with Crippen LogP contribution < -0.4 is 0 Å². The van der Waals surface area contributed by atoms with Gasteiger partial charge >= 0.3 is 0 Å². The maximum Gasteiger partial charge on any atom is 0.244 e. The molecule has 0 aliphatic carbocycles. The van der Waals surface area contributed by atoms with Crippen molar-refractivity contribution in [2.45, 2.75) is 31.8 Å². The molecule has 0 atom stereocenters. The van der Waals surface area contributed by atoms with Crippen molar-refractivity contribution in [2.24, 2.45) is 0 Å². The van der Waals surface area contributed by atoms with Gasteiger partial charge in [-0.1, -0.05) is 12.1 Å². The molecule has 11 heteroatoms. The van der Waals surface area contributed by atoms with Crippen LogP contribution in [0.15, 0.2) is 53.6 Å². The number of aryl methyl sites for hydroxylation is 2. The second kappa shape index (κ2) is 9.07. The van der Waals surface area contributed by atoms with E-state index in [1.54, 1.807) is 16.6 Å². The van der Waals surface area contributed by atoms with Crippen molar-refractivity contribution in [2.75, 3.05) is 26.2 Å². The Bertz CT molecular complexity index is 1630. The minimum Gasteiger partial charge on any atom is -0.340 e. The number of hydrogen-bond donors (Lipinski definition) is 1. The van der Waals surface area contributed by atoms with E-state index < -0.39 is 10.0 Å². The summed E-state index contributed by atoms with van der Waals surface area (Å²) in [7, 11) is -3.48. The number of hydrogen-bond acceptors (Lipinski definition) is 7. The first kappa shape index (κ1) is 23.3. The topological polar surface area (TPSA) is 100 Å². The number of benzene rings is 1. The number of fused-ring (bicyclic) bond motifs is 2. The van der Waals surface area contributed by atoms with Crippen LogP contribution in [0.1, 0.15) is 21.4 Å². The van der Waals surface area contributed by atoms with Gasteiger partial charge in [0.05, 0.1) is 29.0 Å². The minimum atomic E-state index is -3.48. The molecule has 1 aliphatic heterocycles. The number of sulfonamides is 1. The maximum atomic E-state index is 13.2. The molecule has 186 valence electrons. The molecular formula is C25H27N7O2S2. The zero-order valence-corrected chi connectivity index (χ0v) is 21.8. The third kappa shape index (κ3) is 4.21. The summed E-state index contributed by atoms with van der Waals surface area (Å²) in [5.74, 6) is 1.74. The predicted octanol–water partition coefficient (Wildman–Crippen LogP) is 3.54. The molecule has 5 heterocycles. The Labute approximate surface area is 213 Å². The molecule has 5 aromatic rings. The van der Waals surface area contributed by atoms with Crippen LogP contribution in [-0.4, -0.2) is 68.3 Å². The molecule has 4 aromatic heterocycles. The quantitative estimate of drug-likeness (QED) is 0.367. The Kier molecular flexibility index (Phi) is 5.87. The normalized spacial score (nSPS) is 15.8. The zero-order chi connectivity index (χ0) is 24.9. The molecule has 0 radical (unpaired) electrons. The molecule has 1 aliphatic rings.